The largest absolute Gasteiger partial charge is 0.497 e. The molecule has 0 bridgehead atoms. The molecule has 0 saturated carbocycles. The van der Waals surface area contributed by atoms with Gasteiger partial charge in [-0.15, -0.1) is 0 Å². The van der Waals surface area contributed by atoms with Crippen LogP contribution in [-0.4, -0.2) is 32.6 Å². The molecule has 1 fully saturated rings. The fourth-order valence-electron chi connectivity index (χ4n) is 2.95. The zero-order valence-corrected chi connectivity index (χ0v) is 14.8. The summed E-state index contributed by atoms with van der Waals surface area (Å²) in [6.45, 7) is 0.108. The normalized spacial score (nSPS) is 16.4. The number of carbonyl (C=O) groups is 2. The lowest BCUT2D eigenvalue weighted by Crippen LogP contribution is -2.28. The van der Waals surface area contributed by atoms with Crippen LogP contribution in [-0.2, 0) is 9.59 Å². The second kappa shape index (κ2) is 7.61. The summed E-state index contributed by atoms with van der Waals surface area (Å²) in [7, 11) is 2.98. The van der Waals surface area contributed by atoms with Crippen molar-refractivity contribution >= 4 is 23.2 Å². The average Bonchev–Trinajstić information content (AvgIpc) is 3.05. The molecule has 8 heteroatoms. The minimum absolute atomic E-state index is 0.0327. The van der Waals surface area contributed by atoms with Crippen molar-refractivity contribution in [2.45, 2.75) is 6.42 Å². The molecule has 1 aliphatic heterocycles. The molecule has 142 valence electrons. The lowest BCUT2D eigenvalue weighted by atomic mass is 10.1. The minimum Gasteiger partial charge on any atom is -0.497 e. The lowest BCUT2D eigenvalue weighted by molar-refractivity contribution is -0.122. The van der Waals surface area contributed by atoms with E-state index >= 15 is 0 Å². The van der Waals surface area contributed by atoms with Gasteiger partial charge in [-0.25, -0.2) is 8.78 Å². The number of nitrogens with zero attached hydrogens (tertiary/aromatic N) is 1. The van der Waals surface area contributed by atoms with Crippen LogP contribution in [0.5, 0.6) is 11.5 Å². The summed E-state index contributed by atoms with van der Waals surface area (Å²) in [4.78, 5) is 26.3. The zero-order chi connectivity index (χ0) is 19.6. The van der Waals surface area contributed by atoms with Crippen LogP contribution in [0, 0.1) is 17.6 Å². The predicted octanol–water partition coefficient (Wildman–Crippen LogP) is 2.97. The number of nitrogens with one attached hydrogen (secondary N) is 1. The van der Waals surface area contributed by atoms with Crippen LogP contribution in [0.4, 0.5) is 20.2 Å². The van der Waals surface area contributed by atoms with Crippen molar-refractivity contribution in [1.29, 1.82) is 0 Å². The van der Waals surface area contributed by atoms with Gasteiger partial charge in [-0.2, -0.15) is 0 Å². The zero-order valence-electron chi connectivity index (χ0n) is 14.8. The second-order valence-corrected chi connectivity index (χ2v) is 6.06. The van der Waals surface area contributed by atoms with Gasteiger partial charge >= 0.3 is 0 Å². The number of methoxy groups -OCH3 is 2. The number of benzene rings is 2. The first-order chi connectivity index (χ1) is 12.9. The van der Waals surface area contributed by atoms with Crippen molar-refractivity contribution in [3.8, 4) is 11.5 Å². The standard InChI is InChI=1S/C19H18F2N2O4/c1-26-13-4-6-17(27-2)16(9-13)23-10-11(7-18(23)24)19(25)22-15-5-3-12(20)8-14(15)21/h3-6,8-9,11H,7,10H2,1-2H3,(H,22,25). The van der Waals surface area contributed by atoms with Gasteiger partial charge in [-0.3, -0.25) is 9.59 Å². The molecule has 6 nitrogen and oxygen atoms in total. The van der Waals surface area contributed by atoms with Gasteiger partial charge in [0.1, 0.15) is 23.1 Å². The van der Waals surface area contributed by atoms with Crippen molar-refractivity contribution < 1.29 is 27.8 Å². The van der Waals surface area contributed by atoms with E-state index in [-0.39, 0.29) is 24.6 Å². The Morgan fingerprint density at radius 2 is 1.93 bits per heavy atom. The SMILES string of the molecule is COc1ccc(OC)c(N2CC(C(=O)Nc3ccc(F)cc3F)CC2=O)c1. The number of hydrogen-bond donors (Lipinski definition) is 1. The molecule has 27 heavy (non-hydrogen) atoms. The van der Waals surface area contributed by atoms with E-state index in [0.29, 0.717) is 23.3 Å². The topological polar surface area (TPSA) is 67.9 Å². The highest BCUT2D eigenvalue weighted by Crippen LogP contribution is 2.36. The average molecular weight is 376 g/mol. The molecule has 2 aromatic carbocycles. The van der Waals surface area contributed by atoms with Gasteiger partial charge in [0.2, 0.25) is 11.8 Å². The van der Waals surface area contributed by atoms with E-state index in [0.717, 1.165) is 12.1 Å². The maximum absolute atomic E-state index is 13.7. The van der Waals surface area contributed by atoms with E-state index in [1.54, 1.807) is 18.2 Å². The Bertz CT molecular complexity index is 888. The Morgan fingerprint density at radius 1 is 1.15 bits per heavy atom. The number of amides is 2. The molecule has 0 radical (unpaired) electrons. The number of hydrogen-bond acceptors (Lipinski definition) is 4. The van der Waals surface area contributed by atoms with Crippen LogP contribution < -0.4 is 19.7 Å². The van der Waals surface area contributed by atoms with Crippen LogP contribution in [0.2, 0.25) is 0 Å². The Kier molecular flexibility index (Phi) is 5.25. The van der Waals surface area contributed by atoms with Gasteiger partial charge in [0.25, 0.3) is 0 Å². The number of rotatable bonds is 5. The molecule has 1 heterocycles. The van der Waals surface area contributed by atoms with Crippen LogP contribution >= 0.6 is 0 Å². The van der Waals surface area contributed by atoms with Crippen LogP contribution in [0.3, 0.4) is 0 Å². The van der Waals surface area contributed by atoms with Gasteiger partial charge in [0, 0.05) is 25.1 Å². The summed E-state index contributed by atoms with van der Waals surface area (Å²) < 4.78 is 37.2. The molecule has 3 rings (SSSR count). The van der Waals surface area contributed by atoms with Crippen molar-refractivity contribution in [3.63, 3.8) is 0 Å². The van der Waals surface area contributed by atoms with Gasteiger partial charge in [0.15, 0.2) is 0 Å². The first-order valence-corrected chi connectivity index (χ1v) is 8.21. The molecule has 0 aliphatic carbocycles. The third-order valence-corrected chi connectivity index (χ3v) is 4.36. The molecule has 1 aliphatic rings. The van der Waals surface area contributed by atoms with Gasteiger partial charge < -0.3 is 19.7 Å². The highest BCUT2D eigenvalue weighted by atomic mass is 19.1. The molecule has 1 N–H and O–H groups in total. The maximum Gasteiger partial charge on any atom is 0.229 e. The monoisotopic (exact) mass is 376 g/mol. The van der Waals surface area contributed by atoms with Gasteiger partial charge in [-0.05, 0) is 24.3 Å². The third kappa shape index (κ3) is 3.84. The summed E-state index contributed by atoms with van der Waals surface area (Å²) >= 11 is 0. The third-order valence-electron chi connectivity index (χ3n) is 4.36. The number of ether oxygens (including phenoxy) is 2. The molecule has 0 spiro atoms. The molecule has 1 atom stereocenters. The summed E-state index contributed by atoms with van der Waals surface area (Å²) in [5.74, 6) is -2.07. The fraction of sp³-hybridized carbons (Fsp3) is 0.263. The van der Waals surface area contributed by atoms with E-state index in [4.69, 9.17) is 9.47 Å². The van der Waals surface area contributed by atoms with Crippen molar-refractivity contribution in [2.75, 3.05) is 31.0 Å². The van der Waals surface area contributed by atoms with E-state index in [2.05, 4.69) is 5.32 Å². The Hall–Kier alpha value is -3.16. The summed E-state index contributed by atoms with van der Waals surface area (Å²) in [6, 6.07) is 7.89. The van der Waals surface area contributed by atoms with Crippen LogP contribution in [0.15, 0.2) is 36.4 Å². The molecule has 1 unspecified atom stereocenters. The van der Waals surface area contributed by atoms with E-state index < -0.39 is 23.5 Å². The van der Waals surface area contributed by atoms with E-state index in [1.807, 2.05) is 0 Å². The van der Waals surface area contributed by atoms with E-state index in [9.17, 15) is 18.4 Å². The second-order valence-electron chi connectivity index (χ2n) is 6.06. The summed E-state index contributed by atoms with van der Waals surface area (Å²) in [5, 5.41) is 2.41. The fourth-order valence-corrected chi connectivity index (χ4v) is 2.95. The summed E-state index contributed by atoms with van der Waals surface area (Å²) in [6.07, 6.45) is -0.0327. The Morgan fingerprint density at radius 3 is 2.59 bits per heavy atom. The van der Waals surface area contributed by atoms with Crippen molar-refractivity contribution in [2.24, 2.45) is 5.92 Å². The van der Waals surface area contributed by atoms with Gasteiger partial charge in [-0.1, -0.05) is 0 Å². The molecule has 2 aromatic rings. The number of carbonyl (C=O) groups excluding carboxylic acids is 2. The molecule has 2 amide bonds. The Labute approximate surface area is 154 Å². The number of halogens is 2. The highest BCUT2D eigenvalue weighted by Gasteiger charge is 2.36. The minimum atomic E-state index is -0.876. The van der Waals surface area contributed by atoms with Crippen molar-refractivity contribution in [3.05, 3.63) is 48.0 Å². The Balaban J connectivity index is 1.78. The number of anilines is 2. The lowest BCUT2D eigenvalue weighted by Gasteiger charge is -2.20. The van der Waals surface area contributed by atoms with Crippen LogP contribution in [0.25, 0.3) is 0 Å². The maximum atomic E-state index is 13.7. The highest BCUT2D eigenvalue weighted by molar-refractivity contribution is 6.04. The molecular formula is C19H18F2N2O4. The molecular weight excluding hydrogens is 358 g/mol. The van der Waals surface area contributed by atoms with Crippen molar-refractivity contribution in [1.82, 2.24) is 0 Å². The quantitative estimate of drug-likeness (QED) is 0.871. The molecule has 0 aromatic heterocycles. The first kappa shape index (κ1) is 18.6. The predicted molar refractivity (Wildman–Crippen MR) is 95.0 cm³/mol. The summed E-state index contributed by atoms with van der Waals surface area (Å²) in [5.41, 5.74) is 0.358. The first-order valence-electron chi connectivity index (χ1n) is 8.21. The molecule has 1 saturated heterocycles. The smallest absolute Gasteiger partial charge is 0.229 e. The van der Waals surface area contributed by atoms with E-state index in [1.165, 1.54) is 19.1 Å². The van der Waals surface area contributed by atoms with Gasteiger partial charge in [0.05, 0.1) is 31.5 Å². The van der Waals surface area contributed by atoms with Crippen LogP contribution in [0.1, 0.15) is 6.42 Å².